The molecule has 0 spiro atoms. The summed E-state index contributed by atoms with van der Waals surface area (Å²) < 4.78 is 25.1. The van der Waals surface area contributed by atoms with Crippen LogP contribution in [0.15, 0.2) is 6.20 Å². The van der Waals surface area contributed by atoms with Gasteiger partial charge < -0.3 is 24.6 Å². The molecule has 1 aromatic heterocycles. The molecule has 4 atom stereocenters. The Labute approximate surface area is 213 Å². The van der Waals surface area contributed by atoms with Crippen LogP contribution in [0.25, 0.3) is 0 Å². The lowest BCUT2D eigenvalue weighted by Crippen LogP contribution is -2.66. The van der Waals surface area contributed by atoms with Gasteiger partial charge in [0.1, 0.15) is 0 Å². The Morgan fingerprint density at radius 2 is 2.00 bits per heavy atom. The molecular formula is C24H41FN8O3. The van der Waals surface area contributed by atoms with E-state index >= 15 is 0 Å². The predicted octanol–water partition coefficient (Wildman–Crippen LogP) is 1.49. The summed E-state index contributed by atoms with van der Waals surface area (Å²) in [4.78, 5) is 28.2. The average Bonchev–Trinajstić information content (AvgIpc) is 3.33. The lowest BCUT2D eigenvalue weighted by molar-refractivity contribution is 0.00957. The maximum absolute atomic E-state index is 14.6. The number of carbonyl (C=O) groups excluding carboxylic acids is 1. The minimum Gasteiger partial charge on any atom is -0.463 e. The first-order valence-electron chi connectivity index (χ1n) is 12.7. The molecule has 0 aliphatic carbocycles. The number of amides is 2. The molecule has 36 heavy (non-hydrogen) atoms. The normalized spacial score (nSPS) is 29.3. The van der Waals surface area contributed by atoms with Crippen LogP contribution >= 0.6 is 0 Å². The standard InChI is InChI=1S/C24H41FN8O3/c1-15-12-31(6)23(2,3)14-32(15)22(34)33-13-16-18(24(33,4)5)29-30-19(16)27-20-17(25)11-26-21(28-20)36-10-8-9-35-7/h11,15-16,18-19,29-30H,8-10,12-14H2,1-7H3,(H,26,27,28)/t15-,16?,18?,19?/m0/s1. The molecule has 4 rings (SSSR count). The van der Waals surface area contributed by atoms with Gasteiger partial charge in [-0.1, -0.05) is 0 Å². The zero-order valence-corrected chi connectivity index (χ0v) is 22.5. The highest BCUT2D eigenvalue weighted by Crippen LogP contribution is 2.39. The van der Waals surface area contributed by atoms with Gasteiger partial charge in [0.25, 0.3) is 0 Å². The van der Waals surface area contributed by atoms with Gasteiger partial charge in [-0.2, -0.15) is 4.98 Å². The van der Waals surface area contributed by atoms with Crippen LogP contribution in [0.2, 0.25) is 0 Å². The van der Waals surface area contributed by atoms with Crippen LogP contribution in [-0.2, 0) is 4.74 Å². The smallest absolute Gasteiger partial charge is 0.320 e. The Morgan fingerprint density at radius 3 is 2.72 bits per heavy atom. The molecule has 2 amide bonds. The van der Waals surface area contributed by atoms with Gasteiger partial charge in [0, 0.05) is 57.3 Å². The Kier molecular flexibility index (Phi) is 7.61. The van der Waals surface area contributed by atoms with Crippen LogP contribution in [0, 0.1) is 11.7 Å². The van der Waals surface area contributed by atoms with Crippen LogP contribution in [0.5, 0.6) is 6.01 Å². The first kappa shape index (κ1) is 26.8. The molecule has 202 valence electrons. The molecule has 12 heteroatoms. The number of methoxy groups -OCH3 is 1. The number of hydrogen-bond acceptors (Lipinski definition) is 9. The summed E-state index contributed by atoms with van der Waals surface area (Å²) in [6.07, 6.45) is 1.45. The minimum atomic E-state index is -0.567. The molecule has 3 unspecified atom stereocenters. The highest BCUT2D eigenvalue weighted by Gasteiger charge is 2.56. The van der Waals surface area contributed by atoms with E-state index in [2.05, 4.69) is 72.7 Å². The summed E-state index contributed by atoms with van der Waals surface area (Å²) in [7, 11) is 3.73. The number of likely N-dealkylation sites (N-methyl/N-ethyl adjacent to an activating group) is 1. The van der Waals surface area contributed by atoms with E-state index < -0.39 is 11.4 Å². The number of halogens is 1. The van der Waals surface area contributed by atoms with Crippen molar-refractivity contribution in [2.45, 2.75) is 70.4 Å². The van der Waals surface area contributed by atoms with Crippen molar-refractivity contribution in [3.8, 4) is 6.01 Å². The van der Waals surface area contributed by atoms with E-state index in [0.29, 0.717) is 32.7 Å². The number of fused-ring (bicyclic) bond motifs is 1. The number of anilines is 1. The molecule has 3 saturated heterocycles. The lowest BCUT2D eigenvalue weighted by Gasteiger charge is -2.50. The number of piperazine rings is 1. The molecule has 3 N–H and O–H groups in total. The number of hydrogen-bond donors (Lipinski definition) is 3. The Morgan fingerprint density at radius 1 is 1.25 bits per heavy atom. The largest absolute Gasteiger partial charge is 0.463 e. The van der Waals surface area contributed by atoms with Gasteiger partial charge in [0.15, 0.2) is 11.6 Å². The van der Waals surface area contributed by atoms with Crippen molar-refractivity contribution in [1.82, 2.24) is 35.5 Å². The third kappa shape index (κ3) is 5.09. The van der Waals surface area contributed by atoms with Crippen molar-refractivity contribution < 1.29 is 18.7 Å². The Balaban J connectivity index is 1.46. The van der Waals surface area contributed by atoms with Gasteiger partial charge in [-0.15, -0.1) is 0 Å². The van der Waals surface area contributed by atoms with Crippen LogP contribution in [0.3, 0.4) is 0 Å². The second-order valence-corrected chi connectivity index (χ2v) is 11.3. The lowest BCUT2D eigenvalue weighted by atomic mass is 9.90. The van der Waals surface area contributed by atoms with E-state index in [0.717, 1.165) is 12.7 Å². The van der Waals surface area contributed by atoms with Crippen molar-refractivity contribution in [2.24, 2.45) is 5.92 Å². The Hall–Kier alpha value is -2.28. The van der Waals surface area contributed by atoms with Crippen LogP contribution in [0.1, 0.15) is 41.0 Å². The van der Waals surface area contributed by atoms with Crippen molar-refractivity contribution >= 4 is 11.8 Å². The third-order valence-electron chi connectivity index (χ3n) is 7.98. The fourth-order valence-electron chi connectivity index (χ4n) is 5.46. The molecule has 11 nitrogen and oxygen atoms in total. The van der Waals surface area contributed by atoms with Gasteiger partial charge in [-0.05, 0) is 41.7 Å². The molecule has 0 saturated carbocycles. The first-order chi connectivity index (χ1) is 17.0. The second kappa shape index (κ2) is 10.2. The van der Waals surface area contributed by atoms with Crippen molar-refractivity contribution in [1.29, 1.82) is 0 Å². The zero-order chi connectivity index (χ0) is 26.3. The summed E-state index contributed by atoms with van der Waals surface area (Å²) >= 11 is 0. The quantitative estimate of drug-likeness (QED) is 0.472. The van der Waals surface area contributed by atoms with Gasteiger partial charge in [-0.3, -0.25) is 10.3 Å². The van der Waals surface area contributed by atoms with Gasteiger partial charge in [0.2, 0.25) is 0 Å². The Bertz CT molecular complexity index is 948. The number of ether oxygens (including phenoxy) is 2. The summed E-state index contributed by atoms with van der Waals surface area (Å²) in [5.41, 5.74) is 6.03. The van der Waals surface area contributed by atoms with Gasteiger partial charge >= 0.3 is 12.0 Å². The van der Waals surface area contributed by atoms with Crippen LogP contribution in [0.4, 0.5) is 15.0 Å². The van der Waals surface area contributed by atoms with E-state index in [-0.39, 0.29) is 47.6 Å². The molecule has 0 aromatic carbocycles. The van der Waals surface area contributed by atoms with E-state index in [1.54, 1.807) is 7.11 Å². The number of aromatic nitrogens is 2. The summed E-state index contributed by atoms with van der Waals surface area (Å²) in [6.45, 7) is 13.5. The molecule has 0 bridgehead atoms. The van der Waals surface area contributed by atoms with Crippen molar-refractivity contribution in [3.63, 3.8) is 0 Å². The fourth-order valence-corrected chi connectivity index (χ4v) is 5.46. The number of urea groups is 1. The number of carbonyl (C=O) groups is 1. The van der Waals surface area contributed by atoms with Crippen LogP contribution in [-0.4, -0.2) is 107 Å². The van der Waals surface area contributed by atoms with Gasteiger partial charge in [0.05, 0.1) is 30.6 Å². The topological polar surface area (TPSA) is 107 Å². The van der Waals surface area contributed by atoms with Crippen LogP contribution < -0.4 is 20.9 Å². The van der Waals surface area contributed by atoms with E-state index in [1.807, 2.05) is 9.80 Å². The predicted molar refractivity (Wildman–Crippen MR) is 134 cm³/mol. The zero-order valence-electron chi connectivity index (χ0n) is 22.5. The van der Waals surface area contributed by atoms with Crippen molar-refractivity contribution in [2.75, 3.05) is 52.3 Å². The van der Waals surface area contributed by atoms with E-state index in [4.69, 9.17) is 9.47 Å². The van der Waals surface area contributed by atoms with Gasteiger partial charge in [-0.25, -0.2) is 19.6 Å². The summed E-state index contributed by atoms with van der Waals surface area (Å²) in [6, 6.07) is 0.241. The fraction of sp³-hybridized carbons (Fsp3) is 0.792. The number of nitrogens with one attached hydrogen (secondary N) is 3. The monoisotopic (exact) mass is 508 g/mol. The molecule has 3 aliphatic rings. The first-order valence-corrected chi connectivity index (χ1v) is 12.7. The number of hydrazine groups is 1. The number of rotatable bonds is 7. The molecule has 3 aliphatic heterocycles. The SMILES string of the molecule is COCCCOc1ncc(F)c(NC2NNC3C2CN(C(=O)N2CC(C)(C)N(C)C[C@@H]2C)C3(C)C)n1. The van der Waals surface area contributed by atoms with E-state index in [1.165, 1.54) is 0 Å². The average molecular weight is 509 g/mol. The molecule has 0 radical (unpaired) electrons. The number of nitrogens with zero attached hydrogens (tertiary/aromatic N) is 5. The van der Waals surface area contributed by atoms with E-state index in [9.17, 15) is 9.18 Å². The second-order valence-electron chi connectivity index (χ2n) is 11.3. The summed E-state index contributed by atoms with van der Waals surface area (Å²) in [5.74, 6) is -0.507. The van der Waals surface area contributed by atoms with Crippen molar-refractivity contribution in [3.05, 3.63) is 12.0 Å². The third-order valence-corrected chi connectivity index (χ3v) is 7.98. The molecular weight excluding hydrogens is 467 g/mol. The summed E-state index contributed by atoms with van der Waals surface area (Å²) in [5, 5.41) is 3.16. The maximum Gasteiger partial charge on any atom is 0.320 e. The number of likely N-dealkylation sites (tertiary alicyclic amines) is 1. The molecule has 3 fully saturated rings. The molecule has 4 heterocycles. The maximum atomic E-state index is 14.6. The highest BCUT2D eigenvalue weighted by atomic mass is 19.1. The highest BCUT2D eigenvalue weighted by molar-refractivity contribution is 5.77. The molecule has 1 aromatic rings. The minimum absolute atomic E-state index is 0.000155.